The third kappa shape index (κ3) is 3.14. The zero-order chi connectivity index (χ0) is 13.1. The van der Waals surface area contributed by atoms with E-state index in [1.54, 1.807) is 17.4 Å². The smallest absolute Gasteiger partial charge is 0.124 e. The summed E-state index contributed by atoms with van der Waals surface area (Å²) in [5, 5.41) is 3.01. The topological polar surface area (TPSA) is 50.9 Å². The fraction of sp³-hybridized carbons (Fsp3) is 0.250. The summed E-state index contributed by atoms with van der Waals surface area (Å²) in [5.74, 6) is 5.31. The lowest BCUT2D eigenvalue weighted by molar-refractivity contribution is 0.545. The molecule has 2 rings (SSSR count). The molecule has 0 saturated carbocycles. The molecule has 1 aromatic carbocycles. The van der Waals surface area contributed by atoms with Crippen LogP contribution in [-0.4, -0.2) is 4.98 Å². The summed E-state index contributed by atoms with van der Waals surface area (Å²) in [7, 11) is 0. The van der Waals surface area contributed by atoms with Crippen molar-refractivity contribution in [2.45, 2.75) is 19.4 Å². The Balaban J connectivity index is 2.22. The van der Waals surface area contributed by atoms with Crippen LogP contribution in [0.1, 0.15) is 22.3 Å². The third-order valence-electron chi connectivity index (χ3n) is 2.58. The van der Waals surface area contributed by atoms with Crippen LogP contribution in [0.5, 0.6) is 0 Å². The predicted molar refractivity (Wildman–Crippen MR) is 74.7 cm³/mol. The lowest BCUT2D eigenvalue weighted by Crippen LogP contribution is -2.29. The molecule has 1 atom stereocenters. The van der Waals surface area contributed by atoms with Gasteiger partial charge in [-0.15, -0.1) is 11.3 Å². The number of hydrogen-bond acceptors (Lipinski definition) is 4. The first-order chi connectivity index (χ1) is 8.60. The molecule has 0 saturated heterocycles. The molecule has 6 heteroatoms. The number of aromatic nitrogens is 1. The molecule has 0 radical (unpaired) electrons. The number of nitrogens with zero attached hydrogens (tertiary/aromatic N) is 1. The number of benzene rings is 1. The van der Waals surface area contributed by atoms with Gasteiger partial charge in [0, 0.05) is 22.0 Å². The molecule has 3 nitrogen and oxygen atoms in total. The molecule has 0 fully saturated rings. The van der Waals surface area contributed by atoms with E-state index >= 15 is 0 Å². The highest BCUT2D eigenvalue weighted by molar-refractivity contribution is 9.10. The van der Waals surface area contributed by atoms with Crippen molar-refractivity contribution in [2.24, 2.45) is 5.84 Å². The van der Waals surface area contributed by atoms with Gasteiger partial charge in [0.2, 0.25) is 0 Å². The van der Waals surface area contributed by atoms with E-state index in [0.29, 0.717) is 10.9 Å². The van der Waals surface area contributed by atoms with Crippen molar-refractivity contribution in [3.05, 3.63) is 50.1 Å². The normalized spacial score (nSPS) is 12.7. The minimum Gasteiger partial charge on any atom is -0.271 e. The van der Waals surface area contributed by atoms with Gasteiger partial charge in [-0.25, -0.2) is 9.37 Å². The quantitative estimate of drug-likeness (QED) is 0.669. The largest absolute Gasteiger partial charge is 0.271 e. The predicted octanol–water partition coefficient (Wildman–Crippen LogP) is 3.10. The van der Waals surface area contributed by atoms with Crippen LogP contribution < -0.4 is 11.3 Å². The number of thiazole rings is 1. The summed E-state index contributed by atoms with van der Waals surface area (Å²) in [4.78, 5) is 4.40. The number of hydrogen-bond donors (Lipinski definition) is 2. The van der Waals surface area contributed by atoms with E-state index in [2.05, 4.69) is 26.3 Å². The van der Waals surface area contributed by atoms with Crippen molar-refractivity contribution in [2.75, 3.05) is 0 Å². The van der Waals surface area contributed by atoms with Crippen LogP contribution in [0.4, 0.5) is 4.39 Å². The van der Waals surface area contributed by atoms with Gasteiger partial charge in [-0.3, -0.25) is 11.3 Å². The van der Waals surface area contributed by atoms with Gasteiger partial charge in [-0.05, 0) is 24.6 Å². The molecular weight excluding hydrogens is 317 g/mol. The first-order valence-corrected chi connectivity index (χ1v) is 7.09. The van der Waals surface area contributed by atoms with E-state index in [1.165, 1.54) is 12.1 Å². The maximum atomic E-state index is 13.1. The van der Waals surface area contributed by atoms with Crippen LogP contribution in [0, 0.1) is 12.7 Å². The van der Waals surface area contributed by atoms with Gasteiger partial charge < -0.3 is 0 Å². The van der Waals surface area contributed by atoms with Gasteiger partial charge in [-0.1, -0.05) is 22.0 Å². The number of rotatable bonds is 4. The molecular formula is C12H13BrFN3S. The van der Waals surface area contributed by atoms with Gasteiger partial charge in [0.1, 0.15) is 5.82 Å². The SMILES string of the molecule is Cc1csc(CC(NN)c2ccc(F)cc2Br)n1. The number of hydrazine groups is 1. The maximum Gasteiger partial charge on any atom is 0.124 e. The third-order valence-corrected chi connectivity index (χ3v) is 4.26. The Kier molecular flexibility index (Phi) is 4.45. The minimum absolute atomic E-state index is 0.0921. The van der Waals surface area contributed by atoms with E-state index in [1.807, 2.05) is 12.3 Å². The molecule has 2 aromatic rings. The molecule has 3 N–H and O–H groups in total. The number of nitrogens with one attached hydrogen (secondary N) is 1. The molecule has 0 aliphatic rings. The second kappa shape index (κ2) is 5.88. The van der Waals surface area contributed by atoms with Crippen molar-refractivity contribution in [1.29, 1.82) is 0 Å². The molecule has 0 bridgehead atoms. The summed E-state index contributed by atoms with van der Waals surface area (Å²) in [5.41, 5.74) is 4.68. The zero-order valence-corrected chi connectivity index (χ0v) is 12.2. The van der Waals surface area contributed by atoms with Gasteiger partial charge in [0.15, 0.2) is 0 Å². The highest BCUT2D eigenvalue weighted by Gasteiger charge is 2.15. The second-order valence-corrected chi connectivity index (χ2v) is 5.77. The van der Waals surface area contributed by atoms with E-state index in [9.17, 15) is 4.39 Å². The van der Waals surface area contributed by atoms with Crippen molar-refractivity contribution in [3.63, 3.8) is 0 Å². The molecule has 1 heterocycles. The second-order valence-electron chi connectivity index (χ2n) is 3.97. The van der Waals surface area contributed by atoms with Crippen LogP contribution in [0.3, 0.4) is 0 Å². The fourth-order valence-electron chi connectivity index (χ4n) is 1.71. The van der Waals surface area contributed by atoms with Crippen LogP contribution in [-0.2, 0) is 6.42 Å². The summed E-state index contributed by atoms with van der Waals surface area (Å²) in [6.45, 7) is 1.96. The maximum absolute atomic E-state index is 13.1. The Labute approximate surface area is 117 Å². The average Bonchev–Trinajstić information content (AvgIpc) is 2.72. The van der Waals surface area contributed by atoms with E-state index in [-0.39, 0.29) is 11.9 Å². The van der Waals surface area contributed by atoms with Gasteiger partial charge >= 0.3 is 0 Å². The first-order valence-electron chi connectivity index (χ1n) is 5.42. The van der Waals surface area contributed by atoms with Crippen molar-refractivity contribution in [3.8, 4) is 0 Å². The monoisotopic (exact) mass is 329 g/mol. The lowest BCUT2D eigenvalue weighted by Gasteiger charge is -2.16. The van der Waals surface area contributed by atoms with Crippen LogP contribution in [0.25, 0.3) is 0 Å². The van der Waals surface area contributed by atoms with E-state index < -0.39 is 0 Å². The lowest BCUT2D eigenvalue weighted by atomic mass is 10.0. The number of halogens is 2. The Morgan fingerprint density at radius 1 is 1.56 bits per heavy atom. The van der Waals surface area contributed by atoms with Gasteiger partial charge in [-0.2, -0.15) is 0 Å². The summed E-state index contributed by atoms with van der Waals surface area (Å²) >= 11 is 4.96. The number of nitrogens with two attached hydrogens (primary N) is 1. The molecule has 1 aromatic heterocycles. The first kappa shape index (κ1) is 13.6. The highest BCUT2D eigenvalue weighted by Crippen LogP contribution is 2.27. The molecule has 1 unspecified atom stereocenters. The zero-order valence-electron chi connectivity index (χ0n) is 9.78. The van der Waals surface area contributed by atoms with E-state index in [4.69, 9.17) is 5.84 Å². The fourth-order valence-corrected chi connectivity index (χ4v) is 3.16. The molecule has 0 aliphatic carbocycles. The molecule has 0 amide bonds. The van der Waals surface area contributed by atoms with Crippen molar-refractivity contribution in [1.82, 2.24) is 10.4 Å². The van der Waals surface area contributed by atoms with Crippen LogP contribution in [0.15, 0.2) is 28.1 Å². The summed E-state index contributed by atoms with van der Waals surface area (Å²) in [6.07, 6.45) is 0.680. The summed E-state index contributed by atoms with van der Waals surface area (Å²) in [6, 6.07) is 4.50. The van der Waals surface area contributed by atoms with Crippen LogP contribution >= 0.6 is 27.3 Å². The Bertz CT molecular complexity index is 544. The average molecular weight is 330 g/mol. The van der Waals surface area contributed by atoms with E-state index in [0.717, 1.165) is 16.3 Å². The van der Waals surface area contributed by atoms with Crippen molar-refractivity contribution >= 4 is 27.3 Å². The highest BCUT2D eigenvalue weighted by atomic mass is 79.9. The van der Waals surface area contributed by atoms with Gasteiger partial charge in [0.05, 0.1) is 11.0 Å². The van der Waals surface area contributed by atoms with Gasteiger partial charge in [0.25, 0.3) is 0 Å². The van der Waals surface area contributed by atoms with Crippen molar-refractivity contribution < 1.29 is 4.39 Å². The summed E-state index contributed by atoms with van der Waals surface area (Å²) < 4.78 is 13.8. The van der Waals surface area contributed by atoms with Crippen LogP contribution in [0.2, 0.25) is 0 Å². The Morgan fingerprint density at radius 2 is 2.33 bits per heavy atom. The Morgan fingerprint density at radius 3 is 2.89 bits per heavy atom. The minimum atomic E-state index is -0.272. The molecule has 18 heavy (non-hydrogen) atoms. The molecule has 96 valence electrons. The standard InChI is InChI=1S/C12H13BrFN3S/c1-7-6-18-12(16-7)5-11(17-15)9-3-2-8(14)4-10(9)13/h2-4,6,11,17H,5,15H2,1H3. The number of aryl methyl sites for hydroxylation is 1. The molecule has 0 aliphatic heterocycles. The Hall–Kier alpha value is -0.820. The molecule has 0 spiro atoms.